The highest BCUT2D eigenvalue weighted by Gasteiger charge is 2.20. The zero-order valence-electron chi connectivity index (χ0n) is 10.6. The van der Waals surface area contributed by atoms with Gasteiger partial charge in [0.05, 0.1) is 6.61 Å². The number of nitrogens with zero attached hydrogens (tertiary/aromatic N) is 2. The summed E-state index contributed by atoms with van der Waals surface area (Å²) in [6.45, 7) is 4.34. The standard InChI is InChI=1S/C11H18N4O3/c1-3-5-15(7-10(16)18-4-2)11(17)8-6-9(12)14-13-8/h6H,3-5,7H2,1-2H3,(H3,12,13,14). The van der Waals surface area contributed by atoms with E-state index in [1.54, 1.807) is 6.92 Å². The SMILES string of the molecule is CCCN(CC(=O)OCC)C(=O)c1cc(N)n[nH]1. The molecule has 0 atom stereocenters. The van der Waals surface area contributed by atoms with Crippen LogP contribution in [0.2, 0.25) is 0 Å². The maximum Gasteiger partial charge on any atom is 0.325 e. The van der Waals surface area contributed by atoms with Gasteiger partial charge in [0.15, 0.2) is 0 Å². The molecule has 1 rings (SSSR count). The first-order valence-corrected chi connectivity index (χ1v) is 5.84. The molecule has 18 heavy (non-hydrogen) atoms. The van der Waals surface area contributed by atoms with Gasteiger partial charge >= 0.3 is 5.97 Å². The van der Waals surface area contributed by atoms with Crippen molar-refractivity contribution in [3.63, 3.8) is 0 Å². The molecule has 1 amide bonds. The predicted octanol–water partition coefficient (Wildman–Crippen LogP) is 0.407. The summed E-state index contributed by atoms with van der Waals surface area (Å²) >= 11 is 0. The van der Waals surface area contributed by atoms with E-state index in [2.05, 4.69) is 10.2 Å². The number of aromatic amines is 1. The Morgan fingerprint density at radius 2 is 2.22 bits per heavy atom. The molecule has 100 valence electrons. The number of amides is 1. The van der Waals surface area contributed by atoms with E-state index in [0.717, 1.165) is 6.42 Å². The van der Waals surface area contributed by atoms with E-state index < -0.39 is 5.97 Å². The fraction of sp³-hybridized carbons (Fsp3) is 0.545. The molecule has 0 radical (unpaired) electrons. The number of nitrogen functional groups attached to an aromatic ring is 1. The smallest absolute Gasteiger partial charge is 0.325 e. The zero-order chi connectivity index (χ0) is 13.5. The first-order valence-electron chi connectivity index (χ1n) is 5.84. The highest BCUT2D eigenvalue weighted by Crippen LogP contribution is 2.06. The highest BCUT2D eigenvalue weighted by atomic mass is 16.5. The lowest BCUT2D eigenvalue weighted by Crippen LogP contribution is -2.37. The Bertz CT molecular complexity index is 416. The van der Waals surface area contributed by atoms with E-state index in [4.69, 9.17) is 10.5 Å². The van der Waals surface area contributed by atoms with Crippen molar-refractivity contribution in [1.29, 1.82) is 0 Å². The van der Waals surface area contributed by atoms with Crippen molar-refractivity contribution in [1.82, 2.24) is 15.1 Å². The number of anilines is 1. The number of hydrogen-bond acceptors (Lipinski definition) is 5. The maximum absolute atomic E-state index is 12.1. The molecule has 0 aromatic carbocycles. The molecule has 1 aromatic rings. The third-order valence-corrected chi connectivity index (χ3v) is 2.23. The fourth-order valence-electron chi connectivity index (χ4n) is 1.50. The fourth-order valence-corrected chi connectivity index (χ4v) is 1.50. The number of ether oxygens (including phenoxy) is 1. The Balaban J connectivity index is 2.71. The minimum absolute atomic E-state index is 0.0700. The van der Waals surface area contributed by atoms with E-state index in [-0.39, 0.29) is 24.0 Å². The number of nitrogens with one attached hydrogen (secondary N) is 1. The summed E-state index contributed by atoms with van der Waals surface area (Å²) < 4.78 is 4.83. The number of H-pyrrole nitrogens is 1. The Kier molecular flexibility index (Phi) is 5.16. The average Bonchev–Trinajstić information content (AvgIpc) is 2.75. The number of nitrogens with two attached hydrogens (primary N) is 1. The topological polar surface area (TPSA) is 101 Å². The molecule has 7 nitrogen and oxygen atoms in total. The Labute approximate surface area is 105 Å². The van der Waals surface area contributed by atoms with Crippen molar-refractivity contribution in [2.24, 2.45) is 0 Å². The normalized spacial score (nSPS) is 10.1. The van der Waals surface area contributed by atoms with Crippen LogP contribution >= 0.6 is 0 Å². The quantitative estimate of drug-likeness (QED) is 0.716. The molecule has 0 aliphatic rings. The first-order chi connectivity index (χ1) is 8.58. The van der Waals surface area contributed by atoms with Crippen LogP contribution in [-0.2, 0) is 9.53 Å². The molecule has 0 saturated carbocycles. The summed E-state index contributed by atoms with van der Waals surface area (Å²) in [5.74, 6) is -0.494. The molecular formula is C11H18N4O3. The van der Waals surface area contributed by atoms with Crippen LogP contribution in [0, 0.1) is 0 Å². The van der Waals surface area contributed by atoms with Crippen LogP contribution in [0.25, 0.3) is 0 Å². The van der Waals surface area contributed by atoms with Crippen LogP contribution in [0.5, 0.6) is 0 Å². The number of esters is 1. The Hall–Kier alpha value is -2.05. The van der Waals surface area contributed by atoms with Gasteiger partial charge < -0.3 is 15.4 Å². The zero-order valence-corrected chi connectivity index (χ0v) is 10.6. The molecule has 1 heterocycles. The molecule has 0 aliphatic heterocycles. The maximum atomic E-state index is 12.1. The molecule has 0 spiro atoms. The summed E-state index contributed by atoms with van der Waals surface area (Å²) in [6.07, 6.45) is 0.745. The molecule has 0 bridgehead atoms. The van der Waals surface area contributed by atoms with Gasteiger partial charge in [-0.25, -0.2) is 0 Å². The molecule has 1 aromatic heterocycles. The third-order valence-electron chi connectivity index (χ3n) is 2.23. The van der Waals surface area contributed by atoms with Crippen LogP contribution in [-0.4, -0.2) is 46.7 Å². The van der Waals surface area contributed by atoms with Gasteiger partial charge in [-0.3, -0.25) is 14.7 Å². The van der Waals surface area contributed by atoms with Gasteiger partial charge in [-0.05, 0) is 13.3 Å². The lowest BCUT2D eigenvalue weighted by atomic mass is 10.3. The summed E-state index contributed by atoms with van der Waals surface area (Å²) in [4.78, 5) is 24.9. The molecule has 0 fully saturated rings. The van der Waals surface area contributed by atoms with Crippen molar-refractivity contribution >= 4 is 17.7 Å². The van der Waals surface area contributed by atoms with Crippen molar-refractivity contribution in [2.45, 2.75) is 20.3 Å². The van der Waals surface area contributed by atoms with Crippen LogP contribution in [0.1, 0.15) is 30.8 Å². The summed E-state index contributed by atoms with van der Waals surface area (Å²) in [7, 11) is 0. The van der Waals surface area contributed by atoms with Crippen molar-refractivity contribution in [2.75, 3.05) is 25.4 Å². The largest absolute Gasteiger partial charge is 0.465 e. The Morgan fingerprint density at radius 3 is 2.72 bits per heavy atom. The molecule has 0 saturated heterocycles. The van der Waals surface area contributed by atoms with Crippen molar-refractivity contribution < 1.29 is 14.3 Å². The summed E-state index contributed by atoms with van der Waals surface area (Å²) in [5, 5.41) is 6.22. The first kappa shape index (κ1) is 14.0. The summed E-state index contributed by atoms with van der Waals surface area (Å²) in [5.41, 5.74) is 5.70. The minimum Gasteiger partial charge on any atom is -0.465 e. The number of carbonyl (C=O) groups excluding carboxylic acids is 2. The van der Waals surface area contributed by atoms with Crippen LogP contribution in [0.3, 0.4) is 0 Å². The van der Waals surface area contributed by atoms with Gasteiger partial charge in [0, 0.05) is 12.6 Å². The van der Waals surface area contributed by atoms with Crippen LogP contribution in [0.4, 0.5) is 5.82 Å². The molecule has 7 heteroatoms. The molecular weight excluding hydrogens is 236 g/mol. The number of aromatic nitrogens is 2. The second kappa shape index (κ2) is 6.63. The van der Waals surface area contributed by atoms with Gasteiger partial charge in [-0.1, -0.05) is 6.92 Å². The van der Waals surface area contributed by atoms with Crippen LogP contribution < -0.4 is 5.73 Å². The number of rotatable bonds is 6. The summed E-state index contributed by atoms with van der Waals surface area (Å²) in [6, 6.07) is 1.44. The van der Waals surface area contributed by atoms with Crippen molar-refractivity contribution in [3.05, 3.63) is 11.8 Å². The van der Waals surface area contributed by atoms with Gasteiger partial charge in [-0.2, -0.15) is 5.10 Å². The average molecular weight is 254 g/mol. The van der Waals surface area contributed by atoms with Gasteiger partial charge in [0.2, 0.25) is 0 Å². The van der Waals surface area contributed by atoms with E-state index in [1.165, 1.54) is 11.0 Å². The second-order valence-corrected chi connectivity index (χ2v) is 3.74. The Morgan fingerprint density at radius 1 is 1.50 bits per heavy atom. The molecule has 3 N–H and O–H groups in total. The lowest BCUT2D eigenvalue weighted by Gasteiger charge is -2.19. The van der Waals surface area contributed by atoms with E-state index in [1.807, 2.05) is 6.92 Å². The monoisotopic (exact) mass is 254 g/mol. The number of carbonyl (C=O) groups is 2. The second-order valence-electron chi connectivity index (χ2n) is 3.74. The third kappa shape index (κ3) is 3.76. The number of hydrogen-bond donors (Lipinski definition) is 2. The van der Waals surface area contributed by atoms with Crippen LogP contribution in [0.15, 0.2) is 6.07 Å². The van der Waals surface area contributed by atoms with E-state index >= 15 is 0 Å². The highest BCUT2D eigenvalue weighted by molar-refractivity contribution is 5.94. The van der Waals surface area contributed by atoms with Gasteiger partial charge in [-0.15, -0.1) is 0 Å². The minimum atomic E-state index is -0.424. The molecule has 0 unspecified atom stereocenters. The van der Waals surface area contributed by atoms with Gasteiger partial charge in [0.25, 0.3) is 5.91 Å². The predicted molar refractivity (Wildman–Crippen MR) is 65.8 cm³/mol. The lowest BCUT2D eigenvalue weighted by molar-refractivity contribution is -0.143. The molecule has 0 aliphatic carbocycles. The van der Waals surface area contributed by atoms with Gasteiger partial charge in [0.1, 0.15) is 18.1 Å². The van der Waals surface area contributed by atoms with Crippen molar-refractivity contribution in [3.8, 4) is 0 Å². The van der Waals surface area contributed by atoms with E-state index in [0.29, 0.717) is 13.2 Å². The van der Waals surface area contributed by atoms with E-state index in [9.17, 15) is 9.59 Å².